The summed E-state index contributed by atoms with van der Waals surface area (Å²) < 4.78 is 0. The van der Waals surface area contributed by atoms with Crippen LogP contribution in [0.1, 0.15) is 41.2 Å². The molecule has 1 fully saturated rings. The third-order valence-electron chi connectivity index (χ3n) is 2.62. The standard InChI is InChI=1S/C10H12N2O/c11-10(13)9-8(5-2-6-12-9)7-3-1-4-7/h2,5-7H,1,3-4H2,(H2,11,13). The third-order valence-corrected chi connectivity index (χ3v) is 2.62. The quantitative estimate of drug-likeness (QED) is 0.741. The molecule has 3 nitrogen and oxygen atoms in total. The Balaban J connectivity index is 2.36. The maximum absolute atomic E-state index is 11.0. The maximum atomic E-state index is 11.0. The molecule has 0 unspecified atom stereocenters. The lowest BCUT2D eigenvalue weighted by molar-refractivity contribution is 0.0993. The molecule has 1 aliphatic rings. The number of amides is 1. The number of nitrogens with two attached hydrogens (primary N) is 1. The van der Waals surface area contributed by atoms with Crippen LogP contribution in [0.5, 0.6) is 0 Å². The van der Waals surface area contributed by atoms with E-state index in [0.29, 0.717) is 11.6 Å². The number of carbonyl (C=O) groups excluding carboxylic acids is 1. The number of pyridine rings is 1. The Kier molecular flexibility index (Phi) is 2.00. The summed E-state index contributed by atoms with van der Waals surface area (Å²) in [5, 5.41) is 0. The van der Waals surface area contributed by atoms with Crippen molar-refractivity contribution in [1.29, 1.82) is 0 Å². The molecule has 1 aliphatic carbocycles. The van der Waals surface area contributed by atoms with Crippen LogP contribution in [0.15, 0.2) is 18.3 Å². The average Bonchev–Trinajstić information content (AvgIpc) is 2.02. The molecule has 1 aromatic rings. The predicted molar refractivity (Wildman–Crippen MR) is 49.3 cm³/mol. The van der Waals surface area contributed by atoms with Crippen LogP contribution in [0.25, 0.3) is 0 Å². The van der Waals surface area contributed by atoms with Gasteiger partial charge in [0.05, 0.1) is 0 Å². The van der Waals surface area contributed by atoms with Crippen molar-refractivity contribution in [2.75, 3.05) is 0 Å². The summed E-state index contributed by atoms with van der Waals surface area (Å²) >= 11 is 0. The molecule has 0 aliphatic heterocycles. The van der Waals surface area contributed by atoms with Crippen molar-refractivity contribution in [3.05, 3.63) is 29.6 Å². The highest BCUT2D eigenvalue weighted by atomic mass is 16.1. The van der Waals surface area contributed by atoms with Gasteiger partial charge in [-0.05, 0) is 30.4 Å². The molecule has 2 rings (SSSR count). The summed E-state index contributed by atoms with van der Waals surface area (Å²) in [6.07, 6.45) is 5.18. The van der Waals surface area contributed by atoms with Gasteiger partial charge in [-0.1, -0.05) is 12.5 Å². The Morgan fingerprint density at radius 1 is 1.54 bits per heavy atom. The van der Waals surface area contributed by atoms with Gasteiger partial charge in [0.25, 0.3) is 5.91 Å². The fourth-order valence-corrected chi connectivity index (χ4v) is 1.67. The monoisotopic (exact) mass is 176 g/mol. The lowest BCUT2D eigenvalue weighted by atomic mass is 9.79. The van der Waals surface area contributed by atoms with Crippen molar-refractivity contribution in [2.24, 2.45) is 5.73 Å². The van der Waals surface area contributed by atoms with Crippen molar-refractivity contribution >= 4 is 5.91 Å². The van der Waals surface area contributed by atoms with Crippen LogP contribution < -0.4 is 5.73 Å². The van der Waals surface area contributed by atoms with E-state index < -0.39 is 5.91 Å². The van der Waals surface area contributed by atoms with Crippen molar-refractivity contribution in [3.8, 4) is 0 Å². The fraction of sp³-hybridized carbons (Fsp3) is 0.400. The van der Waals surface area contributed by atoms with Crippen LogP contribution in [0.4, 0.5) is 0 Å². The molecule has 0 spiro atoms. The van der Waals surface area contributed by atoms with E-state index in [-0.39, 0.29) is 0 Å². The summed E-state index contributed by atoms with van der Waals surface area (Å²) in [6, 6.07) is 3.82. The van der Waals surface area contributed by atoms with E-state index in [1.54, 1.807) is 6.20 Å². The van der Waals surface area contributed by atoms with Crippen LogP contribution in [-0.4, -0.2) is 10.9 Å². The first-order valence-corrected chi connectivity index (χ1v) is 4.54. The number of carbonyl (C=O) groups is 1. The zero-order valence-electron chi connectivity index (χ0n) is 7.36. The SMILES string of the molecule is NC(=O)c1ncccc1C1CCC1. The van der Waals surface area contributed by atoms with E-state index in [2.05, 4.69) is 4.98 Å². The molecule has 1 saturated carbocycles. The zero-order valence-corrected chi connectivity index (χ0v) is 7.36. The molecule has 13 heavy (non-hydrogen) atoms. The van der Waals surface area contributed by atoms with Crippen molar-refractivity contribution < 1.29 is 4.79 Å². The molecule has 0 aromatic carbocycles. The number of hydrogen-bond acceptors (Lipinski definition) is 2. The van der Waals surface area contributed by atoms with Gasteiger partial charge in [0.15, 0.2) is 0 Å². The zero-order chi connectivity index (χ0) is 9.26. The summed E-state index contributed by atoms with van der Waals surface area (Å²) in [6.45, 7) is 0. The number of hydrogen-bond donors (Lipinski definition) is 1. The van der Waals surface area contributed by atoms with E-state index >= 15 is 0 Å². The van der Waals surface area contributed by atoms with Crippen LogP contribution in [0.3, 0.4) is 0 Å². The summed E-state index contributed by atoms with van der Waals surface area (Å²) in [7, 11) is 0. The maximum Gasteiger partial charge on any atom is 0.267 e. The van der Waals surface area contributed by atoms with Gasteiger partial charge in [-0.15, -0.1) is 0 Å². The van der Waals surface area contributed by atoms with Crippen molar-refractivity contribution in [2.45, 2.75) is 25.2 Å². The number of nitrogens with zero attached hydrogens (tertiary/aromatic N) is 1. The first-order valence-electron chi connectivity index (χ1n) is 4.54. The van der Waals surface area contributed by atoms with Gasteiger partial charge in [0.2, 0.25) is 0 Å². The lowest BCUT2D eigenvalue weighted by Gasteiger charge is -2.26. The molecular formula is C10H12N2O. The topological polar surface area (TPSA) is 56.0 Å². The fourth-order valence-electron chi connectivity index (χ4n) is 1.67. The van der Waals surface area contributed by atoms with Crippen LogP contribution in [-0.2, 0) is 0 Å². The second kappa shape index (κ2) is 3.17. The summed E-state index contributed by atoms with van der Waals surface area (Å²) in [5.74, 6) is 0.0960. The molecule has 2 N–H and O–H groups in total. The number of primary amides is 1. The van der Waals surface area contributed by atoms with E-state index in [1.807, 2.05) is 12.1 Å². The molecule has 68 valence electrons. The molecule has 0 bridgehead atoms. The van der Waals surface area contributed by atoms with Gasteiger partial charge in [-0.3, -0.25) is 9.78 Å². The van der Waals surface area contributed by atoms with E-state index in [1.165, 1.54) is 6.42 Å². The van der Waals surface area contributed by atoms with Gasteiger partial charge in [0.1, 0.15) is 5.69 Å². The van der Waals surface area contributed by atoms with Gasteiger partial charge in [0, 0.05) is 6.20 Å². The number of aromatic nitrogens is 1. The first kappa shape index (κ1) is 8.23. The van der Waals surface area contributed by atoms with Gasteiger partial charge < -0.3 is 5.73 Å². The van der Waals surface area contributed by atoms with Crippen molar-refractivity contribution in [3.63, 3.8) is 0 Å². The minimum atomic E-state index is -0.414. The van der Waals surface area contributed by atoms with E-state index in [0.717, 1.165) is 18.4 Å². The largest absolute Gasteiger partial charge is 0.364 e. The highest BCUT2D eigenvalue weighted by molar-refractivity contribution is 5.92. The molecular weight excluding hydrogens is 164 g/mol. The van der Waals surface area contributed by atoms with Crippen LogP contribution in [0.2, 0.25) is 0 Å². The van der Waals surface area contributed by atoms with Crippen LogP contribution in [0, 0.1) is 0 Å². The lowest BCUT2D eigenvalue weighted by Crippen LogP contribution is -2.20. The highest BCUT2D eigenvalue weighted by Crippen LogP contribution is 2.37. The highest BCUT2D eigenvalue weighted by Gasteiger charge is 2.23. The smallest absolute Gasteiger partial charge is 0.267 e. The first-order chi connectivity index (χ1) is 6.29. The predicted octanol–water partition coefficient (Wildman–Crippen LogP) is 1.45. The Hall–Kier alpha value is -1.38. The number of rotatable bonds is 2. The van der Waals surface area contributed by atoms with Crippen molar-refractivity contribution in [1.82, 2.24) is 4.98 Å². The Bertz CT molecular complexity index is 331. The second-order valence-corrected chi connectivity index (χ2v) is 3.43. The molecule has 1 heterocycles. The Morgan fingerprint density at radius 3 is 2.85 bits per heavy atom. The molecule has 1 aromatic heterocycles. The Labute approximate surface area is 77.0 Å². The van der Waals surface area contributed by atoms with E-state index in [9.17, 15) is 4.79 Å². The van der Waals surface area contributed by atoms with Gasteiger partial charge in [-0.2, -0.15) is 0 Å². The Morgan fingerprint density at radius 2 is 2.31 bits per heavy atom. The average molecular weight is 176 g/mol. The minimum Gasteiger partial charge on any atom is -0.364 e. The minimum absolute atomic E-state index is 0.414. The third kappa shape index (κ3) is 1.41. The summed E-state index contributed by atoms with van der Waals surface area (Å²) in [4.78, 5) is 15.0. The van der Waals surface area contributed by atoms with E-state index in [4.69, 9.17) is 5.73 Å². The molecule has 0 radical (unpaired) electrons. The second-order valence-electron chi connectivity index (χ2n) is 3.43. The molecule has 3 heteroatoms. The molecule has 1 amide bonds. The summed E-state index contributed by atoms with van der Waals surface area (Å²) in [5.41, 5.74) is 6.71. The van der Waals surface area contributed by atoms with Crippen LogP contribution >= 0.6 is 0 Å². The normalized spacial score (nSPS) is 16.6. The molecule has 0 atom stereocenters. The molecule has 0 saturated heterocycles. The van der Waals surface area contributed by atoms with Gasteiger partial charge >= 0.3 is 0 Å². The van der Waals surface area contributed by atoms with Gasteiger partial charge in [-0.25, -0.2) is 0 Å².